The first-order chi connectivity index (χ1) is 16.7. The molecule has 1 atom stereocenters. The number of carbonyl (C=O) groups excluding carboxylic acids is 1. The minimum absolute atomic E-state index is 0.0169. The minimum Gasteiger partial charge on any atom is -0.378 e. The van der Waals surface area contributed by atoms with E-state index in [1.807, 2.05) is 30.3 Å². The van der Waals surface area contributed by atoms with E-state index in [9.17, 15) is 9.18 Å². The molecule has 2 aliphatic heterocycles. The SMILES string of the molecule is O=C(Nc1ccc(N2CCOCC2)cc1)[C@H]1CCCN(c2ccnc(-c3cccc(F)c3)n2)C1. The maximum Gasteiger partial charge on any atom is 0.229 e. The number of aromatic nitrogens is 2. The number of nitrogens with zero attached hydrogens (tertiary/aromatic N) is 4. The normalized spacial score (nSPS) is 18.6. The first-order valence-corrected chi connectivity index (χ1v) is 11.7. The molecule has 2 aliphatic rings. The van der Waals surface area contributed by atoms with Crippen LogP contribution in [-0.2, 0) is 9.53 Å². The summed E-state index contributed by atoms with van der Waals surface area (Å²) in [5.41, 5.74) is 2.58. The Hall–Kier alpha value is -3.52. The van der Waals surface area contributed by atoms with E-state index in [0.717, 1.165) is 62.9 Å². The number of amides is 1. The average Bonchev–Trinajstić information content (AvgIpc) is 2.90. The highest BCUT2D eigenvalue weighted by molar-refractivity contribution is 5.93. The Morgan fingerprint density at radius 1 is 1.03 bits per heavy atom. The first kappa shape index (κ1) is 22.3. The highest BCUT2D eigenvalue weighted by Gasteiger charge is 2.27. The van der Waals surface area contributed by atoms with Gasteiger partial charge < -0.3 is 19.9 Å². The van der Waals surface area contributed by atoms with Gasteiger partial charge in [-0.05, 0) is 55.3 Å². The molecule has 0 aliphatic carbocycles. The highest BCUT2D eigenvalue weighted by atomic mass is 19.1. The lowest BCUT2D eigenvalue weighted by atomic mass is 9.97. The largest absolute Gasteiger partial charge is 0.378 e. The second-order valence-electron chi connectivity index (χ2n) is 8.67. The number of anilines is 3. The molecule has 5 rings (SSSR count). The van der Waals surface area contributed by atoms with Gasteiger partial charge in [-0.3, -0.25) is 4.79 Å². The molecule has 0 radical (unpaired) electrons. The maximum absolute atomic E-state index is 13.6. The van der Waals surface area contributed by atoms with Crippen molar-refractivity contribution in [2.24, 2.45) is 5.92 Å². The van der Waals surface area contributed by atoms with E-state index >= 15 is 0 Å². The van der Waals surface area contributed by atoms with Crippen LogP contribution in [0.1, 0.15) is 12.8 Å². The Labute approximate surface area is 198 Å². The molecule has 1 aromatic heterocycles. The number of piperidine rings is 1. The fourth-order valence-corrected chi connectivity index (χ4v) is 4.51. The van der Waals surface area contributed by atoms with Gasteiger partial charge in [-0.25, -0.2) is 14.4 Å². The zero-order chi connectivity index (χ0) is 23.3. The standard InChI is InChI=1S/C26H28FN5O2/c27-21-5-1-3-19(17-21)25-28-11-10-24(30-25)32-12-2-4-20(18-32)26(33)29-22-6-8-23(9-7-22)31-13-15-34-16-14-31/h1,3,5-11,17,20H,2,4,12-16,18H2,(H,29,33)/t20-/m0/s1. The molecule has 2 aromatic carbocycles. The summed E-state index contributed by atoms with van der Waals surface area (Å²) in [7, 11) is 0. The average molecular weight is 462 g/mol. The Balaban J connectivity index is 1.23. The molecule has 1 N–H and O–H groups in total. The number of benzene rings is 2. The van der Waals surface area contributed by atoms with E-state index in [1.54, 1.807) is 18.3 Å². The van der Waals surface area contributed by atoms with Gasteiger partial charge in [-0.2, -0.15) is 0 Å². The van der Waals surface area contributed by atoms with Gasteiger partial charge in [0.05, 0.1) is 19.1 Å². The number of rotatable bonds is 5. The number of hydrogen-bond donors (Lipinski definition) is 1. The van der Waals surface area contributed by atoms with E-state index in [1.165, 1.54) is 12.1 Å². The van der Waals surface area contributed by atoms with Gasteiger partial charge in [0.25, 0.3) is 0 Å². The van der Waals surface area contributed by atoms with Crippen molar-refractivity contribution in [2.45, 2.75) is 12.8 Å². The molecule has 0 bridgehead atoms. The molecular formula is C26H28FN5O2. The molecule has 0 saturated carbocycles. The van der Waals surface area contributed by atoms with E-state index in [-0.39, 0.29) is 17.6 Å². The summed E-state index contributed by atoms with van der Waals surface area (Å²) in [4.78, 5) is 26.4. The van der Waals surface area contributed by atoms with Crippen LogP contribution in [-0.4, -0.2) is 55.3 Å². The van der Waals surface area contributed by atoms with Crippen molar-refractivity contribution >= 4 is 23.1 Å². The van der Waals surface area contributed by atoms with Crippen LogP contribution in [0.2, 0.25) is 0 Å². The summed E-state index contributed by atoms with van der Waals surface area (Å²) in [6, 6.07) is 16.1. The molecule has 3 heterocycles. The van der Waals surface area contributed by atoms with Gasteiger partial charge >= 0.3 is 0 Å². The van der Waals surface area contributed by atoms with E-state index < -0.39 is 0 Å². The van der Waals surface area contributed by atoms with Crippen LogP contribution in [0.3, 0.4) is 0 Å². The maximum atomic E-state index is 13.6. The van der Waals surface area contributed by atoms with Crippen molar-refractivity contribution in [2.75, 3.05) is 54.5 Å². The Bertz CT molecular complexity index is 1130. The summed E-state index contributed by atoms with van der Waals surface area (Å²) in [6.07, 6.45) is 3.41. The predicted molar refractivity (Wildman–Crippen MR) is 130 cm³/mol. The Kier molecular flexibility index (Phi) is 6.67. The topological polar surface area (TPSA) is 70.6 Å². The third kappa shape index (κ3) is 5.17. The predicted octanol–water partition coefficient (Wildman–Crippen LogP) is 3.97. The molecule has 0 spiro atoms. The fourth-order valence-electron chi connectivity index (χ4n) is 4.51. The first-order valence-electron chi connectivity index (χ1n) is 11.7. The van der Waals surface area contributed by atoms with Crippen LogP contribution >= 0.6 is 0 Å². The van der Waals surface area contributed by atoms with Crippen LogP contribution < -0.4 is 15.1 Å². The summed E-state index contributed by atoms with van der Waals surface area (Å²) in [5.74, 6) is 0.785. The molecular weight excluding hydrogens is 433 g/mol. The molecule has 7 nitrogen and oxygen atoms in total. The van der Waals surface area contributed by atoms with Crippen molar-refractivity contribution in [3.8, 4) is 11.4 Å². The van der Waals surface area contributed by atoms with Crippen LogP contribution in [0.15, 0.2) is 60.8 Å². The van der Waals surface area contributed by atoms with Gasteiger partial charge in [0, 0.05) is 49.3 Å². The van der Waals surface area contributed by atoms with Gasteiger partial charge in [-0.15, -0.1) is 0 Å². The highest BCUT2D eigenvalue weighted by Crippen LogP contribution is 2.26. The minimum atomic E-state index is -0.320. The lowest BCUT2D eigenvalue weighted by molar-refractivity contribution is -0.120. The van der Waals surface area contributed by atoms with Crippen molar-refractivity contribution in [3.63, 3.8) is 0 Å². The van der Waals surface area contributed by atoms with Gasteiger partial charge in [-0.1, -0.05) is 12.1 Å². The number of morpholine rings is 1. The van der Waals surface area contributed by atoms with Gasteiger partial charge in [0.15, 0.2) is 5.82 Å². The van der Waals surface area contributed by atoms with Crippen LogP contribution in [0, 0.1) is 11.7 Å². The molecule has 1 amide bonds. The number of hydrogen-bond acceptors (Lipinski definition) is 6. The van der Waals surface area contributed by atoms with Gasteiger partial charge in [0.2, 0.25) is 5.91 Å². The molecule has 2 saturated heterocycles. The van der Waals surface area contributed by atoms with Crippen LogP contribution in [0.4, 0.5) is 21.6 Å². The van der Waals surface area contributed by atoms with Crippen molar-refractivity contribution in [3.05, 3.63) is 66.6 Å². The van der Waals surface area contributed by atoms with E-state index in [4.69, 9.17) is 4.74 Å². The zero-order valence-electron chi connectivity index (χ0n) is 19.0. The lowest BCUT2D eigenvalue weighted by Gasteiger charge is -2.33. The van der Waals surface area contributed by atoms with E-state index in [2.05, 4.69) is 25.1 Å². The molecule has 34 heavy (non-hydrogen) atoms. The van der Waals surface area contributed by atoms with Crippen LogP contribution in [0.5, 0.6) is 0 Å². The quantitative estimate of drug-likeness (QED) is 0.620. The number of ether oxygens (including phenoxy) is 1. The van der Waals surface area contributed by atoms with Gasteiger partial charge in [0.1, 0.15) is 11.6 Å². The molecule has 0 unspecified atom stereocenters. The molecule has 2 fully saturated rings. The molecule has 176 valence electrons. The van der Waals surface area contributed by atoms with Crippen LogP contribution in [0.25, 0.3) is 11.4 Å². The lowest BCUT2D eigenvalue weighted by Crippen LogP contribution is -2.41. The summed E-state index contributed by atoms with van der Waals surface area (Å²) in [5, 5.41) is 3.07. The van der Waals surface area contributed by atoms with Crippen molar-refractivity contribution in [1.29, 1.82) is 0 Å². The smallest absolute Gasteiger partial charge is 0.229 e. The second-order valence-corrected chi connectivity index (χ2v) is 8.67. The summed E-state index contributed by atoms with van der Waals surface area (Å²) < 4.78 is 19.0. The second kappa shape index (κ2) is 10.2. The Morgan fingerprint density at radius 3 is 2.65 bits per heavy atom. The monoisotopic (exact) mass is 461 g/mol. The number of carbonyl (C=O) groups is 1. The number of nitrogens with one attached hydrogen (secondary N) is 1. The number of halogens is 1. The summed E-state index contributed by atoms with van der Waals surface area (Å²) in [6.45, 7) is 4.65. The fraction of sp³-hybridized carbons (Fsp3) is 0.346. The zero-order valence-corrected chi connectivity index (χ0v) is 19.0. The molecule has 3 aromatic rings. The third-order valence-corrected chi connectivity index (χ3v) is 6.35. The van der Waals surface area contributed by atoms with Crippen molar-refractivity contribution < 1.29 is 13.9 Å². The molecule has 8 heteroatoms. The van der Waals surface area contributed by atoms with E-state index in [0.29, 0.717) is 17.9 Å². The third-order valence-electron chi connectivity index (χ3n) is 6.35. The Morgan fingerprint density at radius 2 is 1.85 bits per heavy atom. The van der Waals surface area contributed by atoms with Crippen molar-refractivity contribution in [1.82, 2.24) is 9.97 Å². The summed E-state index contributed by atoms with van der Waals surface area (Å²) >= 11 is 0.